The largest absolute Gasteiger partial charge is 0.397 e. The fourth-order valence-corrected chi connectivity index (χ4v) is 0.990. The maximum atomic E-state index is 8.26. The third-order valence-electron chi connectivity index (χ3n) is 1.38. The van der Waals surface area contributed by atoms with Crippen molar-refractivity contribution in [2.24, 2.45) is 0 Å². The van der Waals surface area contributed by atoms with E-state index in [1.54, 1.807) is 18.2 Å². The van der Waals surface area contributed by atoms with E-state index >= 15 is 0 Å². The molecule has 0 saturated heterocycles. The summed E-state index contributed by atoms with van der Waals surface area (Å²) in [5, 5.41) is 8.75. The molecule has 0 aromatic heterocycles. The van der Waals surface area contributed by atoms with Gasteiger partial charge >= 0.3 is 6.54 Å². The van der Waals surface area contributed by atoms with Gasteiger partial charge in [0.05, 0.1) is 16.3 Å². The first-order valence-electron chi connectivity index (χ1n) is 3.09. The fourth-order valence-electron chi connectivity index (χ4n) is 0.796. The van der Waals surface area contributed by atoms with Crippen molar-refractivity contribution < 1.29 is 0 Å². The van der Waals surface area contributed by atoms with Crippen LogP contribution in [0.15, 0.2) is 18.2 Å². The summed E-state index contributed by atoms with van der Waals surface area (Å²) in [6.07, 6.45) is 0. The van der Waals surface area contributed by atoms with Crippen molar-refractivity contribution in [3.63, 3.8) is 0 Å². The van der Waals surface area contributed by atoms with Crippen molar-refractivity contribution in [1.29, 1.82) is 5.39 Å². The van der Waals surface area contributed by atoms with E-state index < -0.39 is 0 Å². The van der Waals surface area contributed by atoms with Gasteiger partial charge in [0.1, 0.15) is 4.98 Å². The quantitative estimate of drug-likeness (QED) is 0.517. The predicted molar refractivity (Wildman–Crippen MR) is 44.7 cm³/mol. The Kier molecular flexibility index (Phi) is 2.29. The van der Waals surface area contributed by atoms with Gasteiger partial charge < -0.3 is 5.73 Å². The molecule has 1 rings (SSSR count). The number of rotatable bonds is 1. The maximum absolute atomic E-state index is 8.26. The maximum Gasteiger partial charge on any atom is 0.332 e. The van der Waals surface area contributed by atoms with E-state index in [9.17, 15) is 0 Å². The van der Waals surface area contributed by atoms with Crippen molar-refractivity contribution in [3.8, 4) is 0 Å². The highest BCUT2D eigenvalue weighted by atomic mass is 35.5. The van der Waals surface area contributed by atoms with Crippen LogP contribution in [0.1, 0.15) is 5.56 Å². The number of halogens is 1. The summed E-state index contributed by atoms with van der Waals surface area (Å²) in [5.41, 5.74) is 6.78. The minimum absolute atomic E-state index is 0.187. The van der Waals surface area contributed by atoms with Gasteiger partial charge in [0, 0.05) is 0 Å². The van der Waals surface area contributed by atoms with E-state index in [2.05, 4.69) is 4.98 Å². The van der Waals surface area contributed by atoms with E-state index in [4.69, 9.17) is 22.7 Å². The van der Waals surface area contributed by atoms with Gasteiger partial charge in [-0.2, -0.15) is 0 Å². The molecular formula is C7H7ClN3+. The highest BCUT2D eigenvalue weighted by Gasteiger charge is 2.06. The lowest BCUT2D eigenvalue weighted by molar-refractivity contribution is 1.20. The summed E-state index contributed by atoms with van der Waals surface area (Å²) in [6, 6.07) is 5.22. The summed E-state index contributed by atoms with van der Waals surface area (Å²) in [6.45, 7) is 0.187. The Labute approximate surface area is 69.4 Å². The normalized spacial score (nSPS) is 9.09. The van der Waals surface area contributed by atoms with E-state index in [-0.39, 0.29) is 6.54 Å². The zero-order valence-electron chi connectivity index (χ0n) is 5.79. The van der Waals surface area contributed by atoms with Crippen LogP contribution in [-0.2, 0) is 6.54 Å². The molecular weight excluding hydrogens is 162 g/mol. The molecule has 0 fully saturated rings. The zero-order chi connectivity index (χ0) is 8.27. The molecule has 11 heavy (non-hydrogen) atoms. The molecule has 0 aliphatic heterocycles. The molecule has 0 spiro atoms. The highest BCUT2D eigenvalue weighted by molar-refractivity contribution is 6.33. The second-order valence-electron chi connectivity index (χ2n) is 2.11. The number of benzene rings is 1. The predicted octanol–water partition coefficient (Wildman–Crippen LogP) is 2.28. The van der Waals surface area contributed by atoms with Gasteiger partial charge in [-0.25, -0.2) is 0 Å². The number of diazo groups is 1. The third-order valence-corrected chi connectivity index (χ3v) is 1.71. The summed E-state index contributed by atoms with van der Waals surface area (Å²) < 4.78 is 0. The molecule has 0 atom stereocenters. The molecule has 0 amide bonds. The molecule has 0 heterocycles. The highest BCUT2D eigenvalue weighted by Crippen LogP contribution is 2.22. The Bertz CT molecular complexity index is 303. The number of hydrogen-bond acceptors (Lipinski definition) is 2. The van der Waals surface area contributed by atoms with Crippen LogP contribution in [-0.4, -0.2) is 0 Å². The first-order valence-corrected chi connectivity index (χ1v) is 3.47. The van der Waals surface area contributed by atoms with Crippen LogP contribution >= 0.6 is 11.6 Å². The molecule has 3 nitrogen and oxygen atoms in total. The average Bonchev–Trinajstić information content (AvgIpc) is 1.99. The van der Waals surface area contributed by atoms with Gasteiger partial charge in [-0.15, -0.1) is 0 Å². The third kappa shape index (κ3) is 1.60. The van der Waals surface area contributed by atoms with Crippen molar-refractivity contribution in [2.75, 3.05) is 5.73 Å². The fraction of sp³-hybridized carbons (Fsp3) is 0.143. The van der Waals surface area contributed by atoms with Crippen molar-refractivity contribution >= 4 is 17.3 Å². The Morgan fingerprint density at radius 3 is 2.91 bits per heavy atom. The van der Waals surface area contributed by atoms with E-state index in [0.29, 0.717) is 10.7 Å². The van der Waals surface area contributed by atoms with Crippen molar-refractivity contribution in [1.82, 2.24) is 0 Å². The second-order valence-corrected chi connectivity index (χ2v) is 2.52. The molecule has 0 bridgehead atoms. The van der Waals surface area contributed by atoms with E-state index in [0.717, 1.165) is 5.56 Å². The first-order chi connectivity index (χ1) is 5.25. The molecule has 1 aromatic carbocycles. The molecule has 0 unspecified atom stereocenters. The number of anilines is 1. The lowest BCUT2D eigenvalue weighted by atomic mass is 10.2. The Hall–Kier alpha value is -1.27. The molecule has 0 saturated carbocycles. The van der Waals surface area contributed by atoms with Crippen LogP contribution in [0.3, 0.4) is 0 Å². The van der Waals surface area contributed by atoms with Crippen LogP contribution < -0.4 is 5.73 Å². The van der Waals surface area contributed by atoms with Gasteiger partial charge in [0.15, 0.2) is 0 Å². The zero-order valence-corrected chi connectivity index (χ0v) is 6.54. The monoisotopic (exact) mass is 168 g/mol. The number of hydrogen-bond donors (Lipinski definition) is 1. The van der Waals surface area contributed by atoms with Crippen LogP contribution in [0.5, 0.6) is 0 Å². The minimum Gasteiger partial charge on any atom is -0.397 e. The summed E-state index contributed by atoms with van der Waals surface area (Å²) >= 11 is 5.70. The van der Waals surface area contributed by atoms with Gasteiger partial charge in [0.2, 0.25) is 5.39 Å². The van der Waals surface area contributed by atoms with E-state index in [1.807, 2.05) is 0 Å². The summed E-state index contributed by atoms with van der Waals surface area (Å²) in [5.74, 6) is 0. The van der Waals surface area contributed by atoms with Crippen LogP contribution in [0.4, 0.5) is 5.69 Å². The summed E-state index contributed by atoms with van der Waals surface area (Å²) in [7, 11) is 0. The Morgan fingerprint density at radius 1 is 1.55 bits per heavy atom. The Morgan fingerprint density at radius 2 is 2.27 bits per heavy atom. The first kappa shape index (κ1) is 7.83. The number of nitrogens with two attached hydrogens (primary N) is 1. The van der Waals surface area contributed by atoms with Crippen LogP contribution in [0.2, 0.25) is 5.02 Å². The van der Waals surface area contributed by atoms with Gasteiger partial charge in [0.25, 0.3) is 0 Å². The van der Waals surface area contributed by atoms with Crippen molar-refractivity contribution in [3.05, 3.63) is 33.8 Å². The number of para-hydroxylation sites is 1. The van der Waals surface area contributed by atoms with Gasteiger partial charge in [-0.05, 0) is 12.1 Å². The second kappa shape index (κ2) is 3.22. The topological polar surface area (TPSA) is 54.2 Å². The lowest BCUT2D eigenvalue weighted by Gasteiger charge is -1.97. The molecule has 0 aliphatic carbocycles. The van der Waals surface area contributed by atoms with Crippen LogP contribution in [0.25, 0.3) is 4.98 Å². The molecule has 0 radical (unpaired) electrons. The standard InChI is InChI=1S/C7H7ClN3/c8-6-3-1-2-5(4-11-10)7(6)9/h1-3H,4,9H2/q+1. The number of nitrogen functional groups attached to an aromatic ring is 1. The SMILES string of the molecule is N#[N+]Cc1cccc(Cl)c1N. The minimum atomic E-state index is 0.187. The Balaban J connectivity index is 3.08. The van der Waals surface area contributed by atoms with Crippen LogP contribution in [0, 0.1) is 5.39 Å². The lowest BCUT2D eigenvalue weighted by Crippen LogP contribution is -1.92. The smallest absolute Gasteiger partial charge is 0.332 e. The van der Waals surface area contributed by atoms with Crippen molar-refractivity contribution in [2.45, 2.75) is 6.54 Å². The van der Waals surface area contributed by atoms with E-state index in [1.165, 1.54) is 0 Å². The molecule has 0 aliphatic rings. The molecule has 1 aromatic rings. The molecule has 4 heteroatoms. The summed E-state index contributed by atoms with van der Waals surface area (Å²) in [4.78, 5) is 2.97. The number of nitrogens with zero attached hydrogens (tertiary/aromatic N) is 2. The van der Waals surface area contributed by atoms with Gasteiger partial charge in [-0.3, -0.25) is 0 Å². The average molecular weight is 169 g/mol. The van der Waals surface area contributed by atoms with Gasteiger partial charge in [-0.1, -0.05) is 17.7 Å². The molecule has 56 valence electrons. The molecule has 2 N–H and O–H groups in total.